The molecule has 1 saturated carbocycles. The number of likely N-dealkylation sites (N-methyl/N-ethyl adjacent to an activating group) is 1. The molecule has 31 heavy (non-hydrogen) atoms. The standard InChI is InChI=1S/C25H32N2O4/c1-26-16-18-8-5-6-10-21(18)31-25(17-26)14-12-19(13-15-25)27(2)24(28)20-9-7-11-22(29-3)23(20)30-4/h5-11,19H,12-17H2,1-4H3. The number of hydrogen-bond acceptors (Lipinski definition) is 5. The summed E-state index contributed by atoms with van der Waals surface area (Å²) in [4.78, 5) is 17.5. The highest BCUT2D eigenvalue weighted by Gasteiger charge is 2.42. The first kappa shape index (κ1) is 21.5. The maximum absolute atomic E-state index is 13.3. The van der Waals surface area contributed by atoms with E-state index in [2.05, 4.69) is 30.1 Å². The minimum absolute atomic E-state index is 0.0408. The van der Waals surface area contributed by atoms with Crippen LogP contribution >= 0.6 is 0 Å². The molecule has 1 fully saturated rings. The van der Waals surface area contributed by atoms with Gasteiger partial charge < -0.3 is 19.1 Å². The molecule has 2 aromatic carbocycles. The molecule has 0 N–H and O–H groups in total. The zero-order valence-corrected chi connectivity index (χ0v) is 18.9. The van der Waals surface area contributed by atoms with Crippen LogP contribution in [0.4, 0.5) is 0 Å². The SMILES string of the molecule is COc1cccc(C(=O)N(C)C2CCC3(CC2)CN(C)Cc2ccccc2O3)c1OC. The molecule has 0 aromatic heterocycles. The molecule has 0 radical (unpaired) electrons. The van der Waals surface area contributed by atoms with Crippen molar-refractivity contribution in [3.63, 3.8) is 0 Å². The summed E-state index contributed by atoms with van der Waals surface area (Å²) in [6.07, 6.45) is 3.65. The van der Waals surface area contributed by atoms with Crippen molar-refractivity contribution in [2.75, 3.05) is 34.9 Å². The Labute approximate surface area is 184 Å². The van der Waals surface area contributed by atoms with Gasteiger partial charge in [-0.1, -0.05) is 24.3 Å². The molecule has 0 saturated heterocycles. The fourth-order valence-corrected chi connectivity index (χ4v) is 5.03. The zero-order chi connectivity index (χ0) is 22.0. The smallest absolute Gasteiger partial charge is 0.257 e. The second-order valence-corrected chi connectivity index (χ2v) is 8.75. The highest BCUT2D eigenvalue weighted by atomic mass is 16.5. The van der Waals surface area contributed by atoms with Gasteiger partial charge in [-0.3, -0.25) is 9.69 Å². The molecule has 2 aromatic rings. The Hall–Kier alpha value is -2.73. The Morgan fingerprint density at radius 1 is 1.10 bits per heavy atom. The largest absolute Gasteiger partial charge is 0.493 e. The Morgan fingerprint density at radius 2 is 1.84 bits per heavy atom. The van der Waals surface area contributed by atoms with Crippen LogP contribution in [0.3, 0.4) is 0 Å². The number of nitrogens with zero attached hydrogens (tertiary/aromatic N) is 2. The van der Waals surface area contributed by atoms with Crippen LogP contribution in [0.2, 0.25) is 0 Å². The van der Waals surface area contributed by atoms with Crippen molar-refractivity contribution in [2.24, 2.45) is 0 Å². The zero-order valence-electron chi connectivity index (χ0n) is 18.9. The number of rotatable bonds is 4. The molecular formula is C25H32N2O4. The summed E-state index contributed by atoms with van der Waals surface area (Å²) in [7, 11) is 7.19. The van der Waals surface area contributed by atoms with Gasteiger partial charge in [-0.2, -0.15) is 0 Å². The summed E-state index contributed by atoms with van der Waals surface area (Å²) >= 11 is 0. The fraction of sp³-hybridized carbons (Fsp3) is 0.480. The van der Waals surface area contributed by atoms with Crippen molar-refractivity contribution >= 4 is 5.91 Å². The maximum atomic E-state index is 13.3. The van der Waals surface area contributed by atoms with Gasteiger partial charge in [0.05, 0.1) is 19.8 Å². The molecule has 1 aliphatic heterocycles. The first-order valence-electron chi connectivity index (χ1n) is 10.9. The Kier molecular flexibility index (Phi) is 6.10. The highest BCUT2D eigenvalue weighted by molar-refractivity contribution is 5.97. The van der Waals surface area contributed by atoms with Gasteiger partial charge in [-0.25, -0.2) is 0 Å². The monoisotopic (exact) mass is 424 g/mol. The van der Waals surface area contributed by atoms with Crippen LogP contribution in [0.25, 0.3) is 0 Å². The van der Waals surface area contributed by atoms with Crippen LogP contribution < -0.4 is 14.2 Å². The molecule has 0 atom stereocenters. The van der Waals surface area contributed by atoms with Crippen molar-refractivity contribution < 1.29 is 19.0 Å². The van der Waals surface area contributed by atoms with E-state index in [1.54, 1.807) is 26.4 Å². The number of para-hydroxylation sites is 2. The molecule has 6 nitrogen and oxygen atoms in total. The third-order valence-corrected chi connectivity index (χ3v) is 6.67. The fourth-order valence-electron chi connectivity index (χ4n) is 5.03. The van der Waals surface area contributed by atoms with Crippen LogP contribution in [-0.2, 0) is 6.54 Å². The number of amides is 1. The minimum atomic E-state index is -0.199. The molecule has 166 valence electrons. The number of carbonyl (C=O) groups is 1. The second-order valence-electron chi connectivity index (χ2n) is 8.75. The summed E-state index contributed by atoms with van der Waals surface area (Å²) in [6, 6.07) is 13.9. The lowest BCUT2D eigenvalue weighted by molar-refractivity contribution is -0.00846. The molecular weight excluding hydrogens is 392 g/mol. The van der Waals surface area contributed by atoms with Crippen LogP contribution in [-0.4, -0.2) is 62.2 Å². The number of hydrogen-bond donors (Lipinski definition) is 0. The molecule has 1 aliphatic carbocycles. The van der Waals surface area contributed by atoms with Gasteiger partial charge in [0.15, 0.2) is 11.5 Å². The van der Waals surface area contributed by atoms with Gasteiger partial charge in [0.25, 0.3) is 5.91 Å². The molecule has 2 aliphatic rings. The number of methoxy groups -OCH3 is 2. The number of fused-ring (bicyclic) bond motifs is 1. The lowest BCUT2D eigenvalue weighted by Crippen LogP contribution is -2.51. The Bertz CT molecular complexity index is 937. The molecule has 1 amide bonds. The van der Waals surface area contributed by atoms with Gasteiger partial charge in [0.2, 0.25) is 0 Å². The van der Waals surface area contributed by atoms with Gasteiger partial charge >= 0.3 is 0 Å². The topological polar surface area (TPSA) is 51.2 Å². The summed E-state index contributed by atoms with van der Waals surface area (Å²) in [5, 5.41) is 0. The van der Waals surface area contributed by atoms with Gasteiger partial charge in [0, 0.05) is 31.7 Å². The lowest BCUT2D eigenvalue weighted by Gasteiger charge is -2.43. The minimum Gasteiger partial charge on any atom is -0.493 e. The number of ether oxygens (including phenoxy) is 3. The normalized spacial score (nSPS) is 23.4. The molecule has 4 rings (SSSR count). The quantitative estimate of drug-likeness (QED) is 0.743. The predicted molar refractivity (Wildman–Crippen MR) is 120 cm³/mol. The third-order valence-electron chi connectivity index (χ3n) is 6.67. The number of carbonyl (C=O) groups excluding carboxylic acids is 1. The first-order valence-corrected chi connectivity index (χ1v) is 10.9. The predicted octanol–water partition coefficient (Wildman–Crippen LogP) is 3.98. The molecule has 0 bridgehead atoms. The molecule has 1 spiro atoms. The Balaban J connectivity index is 1.48. The maximum Gasteiger partial charge on any atom is 0.257 e. The van der Waals surface area contributed by atoms with E-state index in [1.807, 2.05) is 24.1 Å². The van der Waals surface area contributed by atoms with Crippen LogP contribution in [0, 0.1) is 0 Å². The molecule has 6 heteroatoms. The second kappa shape index (κ2) is 8.79. The van der Waals surface area contributed by atoms with Gasteiger partial charge in [0.1, 0.15) is 11.4 Å². The average Bonchev–Trinajstić information content (AvgIpc) is 2.92. The number of benzene rings is 2. The van der Waals surface area contributed by atoms with Crippen LogP contribution in [0.1, 0.15) is 41.6 Å². The van der Waals surface area contributed by atoms with E-state index < -0.39 is 0 Å². The van der Waals surface area contributed by atoms with Crippen molar-refractivity contribution in [2.45, 2.75) is 43.9 Å². The molecule has 1 heterocycles. The third kappa shape index (κ3) is 4.22. The van der Waals surface area contributed by atoms with E-state index >= 15 is 0 Å². The average molecular weight is 425 g/mol. The lowest BCUT2D eigenvalue weighted by atomic mass is 9.81. The van der Waals surface area contributed by atoms with E-state index in [9.17, 15) is 4.79 Å². The first-order chi connectivity index (χ1) is 15.0. The van der Waals surface area contributed by atoms with Crippen molar-refractivity contribution in [3.05, 3.63) is 53.6 Å². The summed E-state index contributed by atoms with van der Waals surface area (Å²) in [5.41, 5.74) is 1.57. The van der Waals surface area contributed by atoms with E-state index in [-0.39, 0.29) is 17.6 Å². The van der Waals surface area contributed by atoms with Crippen LogP contribution in [0.15, 0.2) is 42.5 Å². The summed E-state index contributed by atoms with van der Waals surface area (Å²) in [5.74, 6) is 2.01. The summed E-state index contributed by atoms with van der Waals surface area (Å²) in [6.45, 7) is 1.80. The van der Waals surface area contributed by atoms with E-state index in [0.717, 1.165) is 44.5 Å². The van der Waals surface area contributed by atoms with Crippen molar-refractivity contribution in [3.8, 4) is 17.2 Å². The van der Waals surface area contributed by atoms with E-state index in [1.165, 1.54) is 5.56 Å². The van der Waals surface area contributed by atoms with Gasteiger partial charge in [-0.15, -0.1) is 0 Å². The Morgan fingerprint density at radius 3 is 2.55 bits per heavy atom. The van der Waals surface area contributed by atoms with Crippen molar-refractivity contribution in [1.82, 2.24) is 9.80 Å². The van der Waals surface area contributed by atoms with Crippen LogP contribution in [0.5, 0.6) is 17.2 Å². The van der Waals surface area contributed by atoms with Gasteiger partial charge in [-0.05, 0) is 50.9 Å². The molecule has 0 unspecified atom stereocenters. The van der Waals surface area contributed by atoms with E-state index in [0.29, 0.717) is 17.1 Å². The summed E-state index contributed by atoms with van der Waals surface area (Å²) < 4.78 is 17.5. The highest BCUT2D eigenvalue weighted by Crippen LogP contribution is 2.39. The van der Waals surface area contributed by atoms with Crippen molar-refractivity contribution in [1.29, 1.82) is 0 Å². The van der Waals surface area contributed by atoms with E-state index in [4.69, 9.17) is 14.2 Å².